The second kappa shape index (κ2) is 3.46. The zero-order valence-corrected chi connectivity index (χ0v) is 8.19. The Hall–Kier alpha value is -0.540. The summed E-state index contributed by atoms with van der Waals surface area (Å²) in [7, 11) is -3.25. The van der Waals surface area contributed by atoms with Gasteiger partial charge in [-0.1, -0.05) is 17.7 Å². The molecule has 0 saturated heterocycles. The molecular formula is C8H9ClO2S. The lowest BCUT2D eigenvalue weighted by Gasteiger charge is -1.99. The number of hydrogen-bond donors (Lipinski definition) is 0. The minimum atomic E-state index is -3.25. The third-order valence-electron chi connectivity index (χ3n) is 1.52. The fraction of sp³-hybridized carbons (Fsp3) is 0.250. The van der Waals surface area contributed by atoms with Gasteiger partial charge in [-0.3, -0.25) is 0 Å². The number of benzene rings is 1. The average molecular weight is 205 g/mol. The fourth-order valence-electron chi connectivity index (χ4n) is 0.809. The van der Waals surface area contributed by atoms with Crippen molar-refractivity contribution in [2.75, 3.05) is 5.21 Å². The highest BCUT2D eigenvalue weighted by molar-refractivity contribution is 7.92. The van der Waals surface area contributed by atoms with Crippen molar-refractivity contribution in [3.63, 3.8) is 0 Å². The van der Waals surface area contributed by atoms with Crippen LogP contribution in [0.2, 0.25) is 0 Å². The molecule has 0 saturated carbocycles. The molecular weight excluding hydrogens is 196 g/mol. The van der Waals surface area contributed by atoms with Gasteiger partial charge < -0.3 is 0 Å². The maximum atomic E-state index is 11.2. The van der Waals surface area contributed by atoms with Crippen LogP contribution in [0.15, 0.2) is 29.2 Å². The second-order valence-electron chi connectivity index (χ2n) is 2.54. The maximum absolute atomic E-state index is 11.2. The van der Waals surface area contributed by atoms with Crippen LogP contribution in [0.1, 0.15) is 5.56 Å². The third-order valence-corrected chi connectivity index (χ3v) is 3.66. The van der Waals surface area contributed by atoms with Gasteiger partial charge in [0.15, 0.2) is 9.84 Å². The van der Waals surface area contributed by atoms with Crippen LogP contribution in [0.4, 0.5) is 0 Å². The van der Waals surface area contributed by atoms with Crippen LogP contribution in [-0.2, 0) is 9.84 Å². The van der Waals surface area contributed by atoms with Gasteiger partial charge in [-0.2, -0.15) is 0 Å². The summed E-state index contributed by atoms with van der Waals surface area (Å²) in [6.45, 7) is 1.90. The van der Waals surface area contributed by atoms with E-state index in [1.165, 1.54) is 0 Å². The topological polar surface area (TPSA) is 34.1 Å². The SMILES string of the molecule is Cc1ccc(S(=O)(=O)CCl)cc1. The molecule has 0 aliphatic rings. The summed E-state index contributed by atoms with van der Waals surface area (Å²) >= 11 is 5.28. The summed E-state index contributed by atoms with van der Waals surface area (Å²) in [6.07, 6.45) is 0. The Morgan fingerprint density at radius 1 is 1.25 bits per heavy atom. The van der Waals surface area contributed by atoms with Gasteiger partial charge in [-0.05, 0) is 19.1 Å². The summed E-state index contributed by atoms with van der Waals surface area (Å²) < 4.78 is 22.4. The Labute approximate surface area is 77.1 Å². The molecule has 1 rings (SSSR count). The lowest BCUT2D eigenvalue weighted by Crippen LogP contribution is -2.01. The van der Waals surface area contributed by atoms with Gasteiger partial charge in [0.25, 0.3) is 0 Å². The number of aryl methyl sites for hydroxylation is 1. The molecule has 0 heterocycles. The first-order chi connectivity index (χ1) is 5.56. The fourth-order valence-corrected chi connectivity index (χ4v) is 1.86. The Balaban J connectivity index is 3.14. The smallest absolute Gasteiger partial charge is 0.192 e. The lowest BCUT2D eigenvalue weighted by atomic mass is 10.2. The van der Waals surface area contributed by atoms with Crippen molar-refractivity contribution in [1.29, 1.82) is 0 Å². The van der Waals surface area contributed by atoms with Crippen LogP contribution in [0.3, 0.4) is 0 Å². The van der Waals surface area contributed by atoms with Crippen LogP contribution < -0.4 is 0 Å². The molecule has 0 aliphatic heterocycles. The van der Waals surface area contributed by atoms with E-state index < -0.39 is 9.84 Å². The van der Waals surface area contributed by atoms with Crippen molar-refractivity contribution >= 4 is 21.4 Å². The van der Waals surface area contributed by atoms with Gasteiger partial charge in [0.05, 0.1) is 4.90 Å². The monoisotopic (exact) mass is 204 g/mol. The van der Waals surface area contributed by atoms with Gasteiger partial charge in [0.1, 0.15) is 5.21 Å². The highest BCUT2D eigenvalue weighted by Crippen LogP contribution is 2.12. The Morgan fingerprint density at radius 3 is 2.17 bits per heavy atom. The van der Waals surface area contributed by atoms with Crippen molar-refractivity contribution < 1.29 is 8.42 Å². The highest BCUT2D eigenvalue weighted by atomic mass is 35.5. The van der Waals surface area contributed by atoms with E-state index in [-0.39, 0.29) is 10.1 Å². The summed E-state index contributed by atoms with van der Waals surface area (Å²) in [4.78, 5) is 0.281. The standard InChI is InChI=1S/C8H9ClO2S/c1-7-2-4-8(5-3-7)12(10,11)6-9/h2-5H,6H2,1H3. The van der Waals surface area contributed by atoms with Gasteiger partial charge in [0, 0.05) is 0 Å². The molecule has 2 nitrogen and oxygen atoms in total. The molecule has 0 N–H and O–H groups in total. The molecule has 0 amide bonds. The van der Waals surface area contributed by atoms with Crippen molar-refractivity contribution in [3.05, 3.63) is 29.8 Å². The van der Waals surface area contributed by atoms with E-state index in [1.807, 2.05) is 6.92 Å². The predicted molar refractivity (Wildman–Crippen MR) is 49.1 cm³/mol. The van der Waals surface area contributed by atoms with E-state index in [2.05, 4.69) is 0 Å². The van der Waals surface area contributed by atoms with Crippen molar-refractivity contribution in [3.8, 4) is 0 Å². The van der Waals surface area contributed by atoms with Crippen molar-refractivity contribution in [2.24, 2.45) is 0 Å². The van der Waals surface area contributed by atoms with E-state index in [4.69, 9.17) is 11.6 Å². The van der Waals surface area contributed by atoms with Crippen LogP contribution >= 0.6 is 11.6 Å². The van der Waals surface area contributed by atoms with Crippen LogP contribution in [0.5, 0.6) is 0 Å². The number of halogens is 1. The largest absolute Gasteiger partial charge is 0.222 e. The number of hydrogen-bond acceptors (Lipinski definition) is 2. The first-order valence-corrected chi connectivity index (χ1v) is 5.60. The Bertz CT molecular complexity index is 353. The predicted octanol–water partition coefficient (Wildman–Crippen LogP) is 1.97. The van der Waals surface area contributed by atoms with Crippen LogP contribution in [0.25, 0.3) is 0 Å². The molecule has 0 bridgehead atoms. The van der Waals surface area contributed by atoms with Gasteiger partial charge >= 0.3 is 0 Å². The summed E-state index contributed by atoms with van der Waals surface area (Å²) in [6, 6.07) is 6.62. The molecule has 0 fully saturated rings. The number of sulfone groups is 1. The quantitative estimate of drug-likeness (QED) is 0.691. The molecule has 0 aromatic heterocycles. The molecule has 0 aliphatic carbocycles. The Morgan fingerprint density at radius 2 is 1.75 bits per heavy atom. The molecule has 66 valence electrons. The minimum absolute atomic E-state index is 0.281. The molecule has 0 radical (unpaired) electrons. The Kier molecular flexibility index (Phi) is 2.75. The van der Waals surface area contributed by atoms with Crippen molar-refractivity contribution in [2.45, 2.75) is 11.8 Å². The molecule has 0 atom stereocenters. The van der Waals surface area contributed by atoms with Crippen LogP contribution in [-0.4, -0.2) is 13.6 Å². The average Bonchev–Trinajstić information content (AvgIpc) is 2.05. The molecule has 0 spiro atoms. The third kappa shape index (κ3) is 1.99. The first kappa shape index (κ1) is 9.55. The summed E-state index contributed by atoms with van der Waals surface area (Å²) in [5.74, 6) is 0. The van der Waals surface area contributed by atoms with E-state index in [0.29, 0.717) is 0 Å². The van der Waals surface area contributed by atoms with Crippen LogP contribution in [0, 0.1) is 6.92 Å². The van der Waals surface area contributed by atoms with E-state index in [0.717, 1.165) is 5.56 Å². The molecule has 1 aromatic carbocycles. The number of rotatable bonds is 2. The molecule has 0 unspecified atom stereocenters. The summed E-state index contributed by atoms with van der Waals surface area (Å²) in [5, 5.41) is -0.365. The minimum Gasteiger partial charge on any atom is -0.222 e. The van der Waals surface area contributed by atoms with Crippen molar-refractivity contribution in [1.82, 2.24) is 0 Å². The lowest BCUT2D eigenvalue weighted by molar-refractivity contribution is 0.600. The first-order valence-electron chi connectivity index (χ1n) is 3.41. The molecule has 1 aromatic rings. The maximum Gasteiger partial charge on any atom is 0.192 e. The normalized spacial score (nSPS) is 11.5. The number of alkyl halides is 1. The van der Waals surface area contributed by atoms with E-state index in [1.54, 1.807) is 24.3 Å². The zero-order chi connectivity index (χ0) is 9.19. The van der Waals surface area contributed by atoms with Gasteiger partial charge in [0.2, 0.25) is 0 Å². The molecule has 4 heteroatoms. The second-order valence-corrected chi connectivity index (χ2v) is 5.11. The zero-order valence-electron chi connectivity index (χ0n) is 6.62. The summed E-state index contributed by atoms with van der Waals surface area (Å²) in [5.41, 5.74) is 1.03. The van der Waals surface area contributed by atoms with Gasteiger partial charge in [-0.15, -0.1) is 11.6 Å². The van der Waals surface area contributed by atoms with E-state index in [9.17, 15) is 8.42 Å². The van der Waals surface area contributed by atoms with Gasteiger partial charge in [-0.25, -0.2) is 8.42 Å². The van der Waals surface area contributed by atoms with E-state index >= 15 is 0 Å². The highest BCUT2D eigenvalue weighted by Gasteiger charge is 2.10. The molecule has 12 heavy (non-hydrogen) atoms.